The van der Waals surface area contributed by atoms with Gasteiger partial charge in [-0.05, 0) is 54.9 Å². The van der Waals surface area contributed by atoms with E-state index in [-0.39, 0.29) is 18.2 Å². The van der Waals surface area contributed by atoms with Gasteiger partial charge in [-0.1, -0.05) is 0 Å². The molecule has 0 radical (unpaired) electrons. The third-order valence-corrected chi connectivity index (χ3v) is 2.65. The first kappa shape index (κ1) is 15.0. The van der Waals surface area contributed by atoms with Crippen LogP contribution in [0.25, 0.3) is 0 Å². The Morgan fingerprint density at radius 3 is 2.67 bits per heavy atom. The lowest BCUT2D eigenvalue weighted by Crippen LogP contribution is -2.25. The minimum atomic E-state index is -0.465. The molecule has 0 heterocycles. The van der Waals surface area contributed by atoms with Crippen molar-refractivity contribution < 1.29 is 13.9 Å². The average Bonchev–Trinajstić information content (AvgIpc) is 2.18. The quantitative estimate of drug-likeness (QED) is 0.860. The number of carbonyl (C=O) groups is 1. The van der Waals surface area contributed by atoms with Gasteiger partial charge in [-0.15, -0.1) is 0 Å². The monoisotopic (exact) mass is 317 g/mol. The molecule has 5 heteroatoms. The smallest absolute Gasteiger partial charge is 0.308 e. The van der Waals surface area contributed by atoms with Gasteiger partial charge in [-0.3, -0.25) is 4.79 Å². The van der Waals surface area contributed by atoms with Gasteiger partial charge in [0.25, 0.3) is 0 Å². The van der Waals surface area contributed by atoms with Crippen molar-refractivity contribution in [3.63, 3.8) is 0 Å². The fraction of sp³-hybridized carbons (Fsp3) is 0.462. The second kappa shape index (κ2) is 6.18. The van der Waals surface area contributed by atoms with Crippen molar-refractivity contribution in [2.75, 3.05) is 11.9 Å². The summed E-state index contributed by atoms with van der Waals surface area (Å²) in [5, 5.41) is 3.04. The number of hydrogen-bond acceptors (Lipinski definition) is 3. The van der Waals surface area contributed by atoms with Crippen LogP contribution in [0.1, 0.15) is 27.2 Å². The van der Waals surface area contributed by atoms with Gasteiger partial charge < -0.3 is 10.1 Å². The predicted octanol–water partition coefficient (Wildman–Crippen LogP) is 3.73. The van der Waals surface area contributed by atoms with Gasteiger partial charge >= 0.3 is 5.97 Å². The van der Waals surface area contributed by atoms with E-state index in [0.29, 0.717) is 11.0 Å². The zero-order chi connectivity index (χ0) is 13.8. The van der Waals surface area contributed by atoms with Crippen molar-refractivity contribution >= 4 is 27.6 Å². The lowest BCUT2D eigenvalue weighted by Gasteiger charge is -2.19. The molecule has 0 atom stereocenters. The molecule has 0 bridgehead atoms. The number of nitrogens with one attached hydrogen (secondary N) is 1. The second-order valence-electron chi connectivity index (χ2n) is 4.89. The van der Waals surface area contributed by atoms with Gasteiger partial charge in [0, 0.05) is 16.7 Å². The summed E-state index contributed by atoms with van der Waals surface area (Å²) in [7, 11) is 0. The highest BCUT2D eigenvalue weighted by Crippen LogP contribution is 2.22. The third kappa shape index (κ3) is 5.49. The minimum Gasteiger partial charge on any atom is -0.460 e. The molecule has 0 unspecified atom stereocenters. The van der Waals surface area contributed by atoms with Crippen molar-refractivity contribution in [3.8, 4) is 0 Å². The number of benzene rings is 1. The summed E-state index contributed by atoms with van der Waals surface area (Å²) in [5.74, 6) is -0.562. The van der Waals surface area contributed by atoms with Crippen LogP contribution in [0.5, 0.6) is 0 Å². The van der Waals surface area contributed by atoms with Crippen molar-refractivity contribution in [2.24, 2.45) is 0 Å². The van der Waals surface area contributed by atoms with Gasteiger partial charge in [-0.2, -0.15) is 0 Å². The molecule has 0 amide bonds. The lowest BCUT2D eigenvalue weighted by molar-refractivity contribution is -0.154. The molecular weight excluding hydrogens is 301 g/mol. The molecule has 1 aromatic rings. The Hall–Kier alpha value is -1.10. The van der Waals surface area contributed by atoms with Gasteiger partial charge in [0.05, 0.1) is 6.42 Å². The Morgan fingerprint density at radius 1 is 1.44 bits per heavy atom. The maximum absolute atomic E-state index is 12.9. The van der Waals surface area contributed by atoms with Crippen molar-refractivity contribution in [1.82, 2.24) is 0 Å². The zero-order valence-electron chi connectivity index (χ0n) is 10.7. The summed E-state index contributed by atoms with van der Waals surface area (Å²) in [5.41, 5.74) is 0.285. The Morgan fingerprint density at radius 2 is 2.11 bits per heavy atom. The minimum absolute atomic E-state index is 0.256. The highest BCUT2D eigenvalue weighted by atomic mass is 79.9. The van der Waals surface area contributed by atoms with Crippen LogP contribution in [0.15, 0.2) is 22.7 Å². The standard InChI is InChI=1S/C13H17BrFNO2/c1-13(2,3)18-12(17)6-7-16-11-5-4-9(15)8-10(11)14/h4-5,8,16H,6-7H2,1-3H3. The zero-order valence-corrected chi connectivity index (χ0v) is 12.3. The van der Waals surface area contributed by atoms with Crippen LogP contribution >= 0.6 is 15.9 Å². The van der Waals surface area contributed by atoms with Gasteiger partial charge in [0.1, 0.15) is 11.4 Å². The van der Waals surface area contributed by atoms with Crippen molar-refractivity contribution in [3.05, 3.63) is 28.5 Å². The van der Waals surface area contributed by atoms with Crippen LogP contribution in [-0.4, -0.2) is 18.1 Å². The Bertz CT molecular complexity index is 429. The number of esters is 1. The predicted molar refractivity (Wildman–Crippen MR) is 73.1 cm³/mol. The fourth-order valence-electron chi connectivity index (χ4n) is 1.32. The van der Waals surface area contributed by atoms with Crippen LogP contribution in [0.2, 0.25) is 0 Å². The number of ether oxygens (including phenoxy) is 1. The molecule has 3 nitrogen and oxygen atoms in total. The highest BCUT2D eigenvalue weighted by Gasteiger charge is 2.15. The summed E-state index contributed by atoms with van der Waals surface area (Å²) in [6.45, 7) is 5.93. The molecule has 0 aliphatic heterocycles. The molecular formula is C13H17BrFNO2. The number of hydrogen-bond donors (Lipinski definition) is 1. The van der Waals surface area contributed by atoms with E-state index in [1.165, 1.54) is 12.1 Å². The lowest BCUT2D eigenvalue weighted by atomic mass is 10.2. The van der Waals surface area contributed by atoms with Gasteiger partial charge in [0.15, 0.2) is 0 Å². The number of halogens is 2. The molecule has 1 aromatic carbocycles. The molecule has 0 saturated carbocycles. The van der Waals surface area contributed by atoms with E-state index in [1.54, 1.807) is 6.07 Å². The maximum Gasteiger partial charge on any atom is 0.308 e. The first-order chi connectivity index (χ1) is 8.28. The third-order valence-electron chi connectivity index (χ3n) is 2.00. The second-order valence-corrected chi connectivity index (χ2v) is 5.74. The largest absolute Gasteiger partial charge is 0.460 e. The van der Waals surface area contributed by atoms with Crippen LogP contribution in [0.4, 0.5) is 10.1 Å². The average molecular weight is 318 g/mol. The van der Waals surface area contributed by atoms with Crippen molar-refractivity contribution in [1.29, 1.82) is 0 Å². The normalized spacial score (nSPS) is 11.2. The number of carbonyl (C=O) groups excluding carboxylic acids is 1. The number of anilines is 1. The molecule has 1 N–H and O–H groups in total. The Kier molecular flexibility index (Phi) is 5.14. The van der Waals surface area contributed by atoms with Crippen LogP contribution in [0, 0.1) is 5.82 Å². The summed E-state index contributed by atoms with van der Waals surface area (Å²) in [6.07, 6.45) is 0.265. The Labute approximate surface area is 115 Å². The van der Waals surface area contributed by atoms with E-state index in [1.807, 2.05) is 20.8 Å². The molecule has 1 rings (SSSR count). The first-order valence-corrected chi connectivity index (χ1v) is 6.48. The molecule has 0 fully saturated rings. The van der Waals surface area contributed by atoms with E-state index < -0.39 is 5.60 Å². The first-order valence-electron chi connectivity index (χ1n) is 5.69. The molecule has 0 aromatic heterocycles. The summed E-state index contributed by atoms with van der Waals surface area (Å²) >= 11 is 3.24. The fourth-order valence-corrected chi connectivity index (χ4v) is 1.82. The number of rotatable bonds is 4. The molecule has 0 aliphatic carbocycles. The van der Waals surface area contributed by atoms with Crippen molar-refractivity contribution in [2.45, 2.75) is 32.8 Å². The van der Waals surface area contributed by atoms with Crippen LogP contribution in [0.3, 0.4) is 0 Å². The van der Waals surface area contributed by atoms with Gasteiger partial charge in [-0.25, -0.2) is 4.39 Å². The van der Waals surface area contributed by atoms with E-state index in [0.717, 1.165) is 5.69 Å². The molecule has 18 heavy (non-hydrogen) atoms. The molecule has 100 valence electrons. The highest BCUT2D eigenvalue weighted by molar-refractivity contribution is 9.10. The SMILES string of the molecule is CC(C)(C)OC(=O)CCNc1ccc(F)cc1Br. The summed E-state index contributed by atoms with van der Waals surface area (Å²) in [4.78, 5) is 11.5. The van der Waals surface area contributed by atoms with E-state index in [2.05, 4.69) is 21.2 Å². The molecule has 0 saturated heterocycles. The van der Waals surface area contributed by atoms with Crippen LogP contribution in [-0.2, 0) is 9.53 Å². The van der Waals surface area contributed by atoms with E-state index in [9.17, 15) is 9.18 Å². The van der Waals surface area contributed by atoms with Crippen LogP contribution < -0.4 is 5.32 Å². The maximum atomic E-state index is 12.9. The molecule has 0 aliphatic rings. The summed E-state index contributed by atoms with van der Waals surface area (Å²) in [6, 6.07) is 4.35. The summed E-state index contributed by atoms with van der Waals surface area (Å²) < 4.78 is 18.7. The topological polar surface area (TPSA) is 38.3 Å². The van der Waals surface area contributed by atoms with E-state index >= 15 is 0 Å². The van der Waals surface area contributed by atoms with E-state index in [4.69, 9.17) is 4.74 Å². The Balaban J connectivity index is 2.40. The molecule has 0 spiro atoms. The van der Waals surface area contributed by atoms with Gasteiger partial charge in [0.2, 0.25) is 0 Å².